The van der Waals surface area contributed by atoms with Gasteiger partial charge in [0.2, 0.25) is 5.91 Å². The van der Waals surface area contributed by atoms with E-state index in [1.807, 2.05) is 24.3 Å². The largest absolute Gasteiger partial charge is 0.497 e. The summed E-state index contributed by atoms with van der Waals surface area (Å²) in [6.07, 6.45) is 0.815. The summed E-state index contributed by atoms with van der Waals surface area (Å²) in [4.78, 5) is 10.9. The predicted octanol–water partition coefficient (Wildman–Crippen LogP) is 1.75. The van der Waals surface area contributed by atoms with Gasteiger partial charge in [-0.05, 0) is 24.1 Å². The van der Waals surface area contributed by atoms with E-state index in [2.05, 4.69) is 21.2 Å². The number of amides is 1. The second kappa shape index (κ2) is 6.45. The molecule has 0 aliphatic heterocycles. The number of alkyl halides is 1. The molecule has 1 aromatic rings. The third-order valence-corrected chi connectivity index (χ3v) is 2.50. The molecule has 15 heavy (non-hydrogen) atoms. The van der Waals surface area contributed by atoms with E-state index < -0.39 is 0 Å². The molecule has 0 saturated heterocycles. The molecular weight excluding hydrogens is 258 g/mol. The number of carbonyl (C=O) groups excluding carboxylic acids is 1. The fourth-order valence-corrected chi connectivity index (χ4v) is 1.42. The Labute approximate surface area is 97.9 Å². The third-order valence-electron chi connectivity index (χ3n) is 1.99. The van der Waals surface area contributed by atoms with Crippen LogP contribution in [0.15, 0.2) is 24.3 Å². The minimum absolute atomic E-state index is 0.0119. The van der Waals surface area contributed by atoms with Gasteiger partial charge in [-0.2, -0.15) is 0 Å². The molecule has 1 amide bonds. The maximum absolute atomic E-state index is 10.9. The number of benzene rings is 1. The van der Waals surface area contributed by atoms with Crippen molar-refractivity contribution in [1.82, 2.24) is 5.32 Å². The summed E-state index contributed by atoms with van der Waals surface area (Å²) in [5.74, 6) is 0.859. The minimum Gasteiger partial charge on any atom is -0.497 e. The fraction of sp³-hybridized carbons (Fsp3) is 0.364. The van der Waals surface area contributed by atoms with Crippen molar-refractivity contribution in [2.45, 2.75) is 6.42 Å². The summed E-state index contributed by atoms with van der Waals surface area (Å²) in [5.41, 5.74) is 1.16. The van der Waals surface area contributed by atoms with Crippen LogP contribution in [0.4, 0.5) is 0 Å². The number of hydrogen-bond donors (Lipinski definition) is 1. The van der Waals surface area contributed by atoms with Crippen molar-refractivity contribution in [3.05, 3.63) is 29.8 Å². The van der Waals surface area contributed by atoms with Gasteiger partial charge >= 0.3 is 0 Å². The van der Waals surface area contributed by atoms with E-state index in [1.165, 1.54) is 0 Å². The van der Waals surface area contributed by atoms with Gasteiger partial charge in [0.25, 0.3) is 0 Å². The Kier molecular flexibility index (Phi) is 5.18. The number of carbonyl (C=O) groups is 1. The number of rotatable bonds is 5. The van der Waals surface area contributed by atoms with Crippen LogP contribution in [0.1, 0.15) is 5.56 Å². The van der Waals surface area contributed by atoms with Gasteiger partial charge in [0.05, 0.1) is 12.4 Å². The molecule has 0 fully saturated rings. The fourth-order valence-electron chi connectivity index (χ4n) is 1.22. The summed E-state index contributed by atoms with van der Waals surface area (Å²) in [7, 11) is 1.64. The molecule has 1 aromatic carbocycles. The highest BCUT2D eigenvalue weighted by molar-refractivity contribution is 9.09. The van der Waals surface area contributed by atoms with Gasteiger partial charge in [-0.3, -0.25) is 4.79 Å². The highest BCUT2D eigenvalue weighted by Gasteiger charge is 1.98. The van der Waals surface area contributed by atoms with Crippen LogP contribution in [0.25, 0.3) is 0 Å². The quantitative estimate of drug-likeness (QED) is 0.829. The normalized spacial score (nSPS) is 9.73. The van der Waals surface area contributed by atoms with E-state index in [9.17, 15) is 4.79 Å². The van der Waals surface area contributed by atoms with Gasteiger partial charge in [-0.1, -0.05) is 28.1 Å². The van der Waals surface area contributed by atoms with Crippen molar-refractivity contribution in [3.8, 4) is 5.75 Å². The molecule has 0 heterocycles. The second-order valence-corrected chi connectivity index (χ2v) is 3.65. The lowest BCUT2D eigenvalue weighted by atomic mass is 10.1. The Hall–Kier alpha value is -1.03. The summed E-state index contributed by atoms with van der Waals surface area (Å²) < 4.78 is 5.11. The molecule has 3 nitrogen and oxygen atoms in total. The zero-order valence-electron chi connectivity index (χ0n) is 8.63. The molecule has 0 aromatic heterocycles. The molecule has 82 valence electrons. The van der Waals surface area contributed by atoms with Crippen LogP contribution in [0.3, 0.4) is 0 Å². The zero-order chi connectivity index (χ0) is 11.1. The highest BCUT2D eigenvalue weighted by atomic mass is 79.9. The molecule has 0 atom stereocenters. The van der Waals surface area contributed by atoms with Gasteiger partial charge in [0, 0.05) is 6.54 Å². The van der Waals surface area contributed by atoms with Crippen molar-refractivity contribution in [2.75, 3.05) is 19.0 Å². The smallest absolute Gasteiger partial charge is 0.230 e. The first kappa shape index (κ1) is 12.0. The van der Waals surface area contributed by atoms with E-state index in [1.54, 1.807) is 7.11 Å². The van der Waals surface area contributed by atoms with Crippen LogP contribution in [0.5, 0.6) is 5.75 Å². The van der Waals surface area contributed by atoms with Crippen LogP contribution in [0, 0.1) is 0 Å². The molecule has 0 saturated carbocycles. The van der Waals surface area contributed by atoms with Crippen molar-refractivity contribution in [3.63, 3.8) is 0 Å². The van der Waals surface area contributed by atoms with Gasteiger partial charge in [0.15, 0.2) is 0 Å². The molecule has 1 rings (SSSR count). The Morgan fingerprint density at radius 2 is 2.33 bits per heavy atom. The summed E-state index contributed by atoms with van der Waals surface area (Å²) in [6, 6.07) is 7.84. The first-order chi connectivity index (χ1) is 7.26. The van der Waals surface area contributed by atoms with Crippen LogP contribution in [0.2, 0.25) is 0 Å². The van der Waals surface area contributed by atoms with Crippen molar-refractivity contribution >= 4 is 21.8 Å². The number of ether oxygens (including phenoxy) is 1. The van der Waals surface area contributed by atoms with Crippen LogP contribution in [-0.4, -0.2) is 24.9 Å². The lowest BCUT2D eigenvalue weighted by molar-refractivity contribution is -0.118. The first-order valence-electron chi connectivity index (χ1n) is 4.72. The first-order valence-corrected chi connectivity index (χ1v) is 5.84. The zero-order valence-corrected chi connectivity index (χ0v) is 10.2. The monoisotopic (exact) mass is 271 g/mol. The average Bonchev–Trinajstić information content (AvgIpc) is 2.29. The third kappa shape index (κ3) is 4.34. The summed E-state index contributed by atoms with van der Waals surface area (Å²) >= 11 is 3.09. The summed E-state index contributed by atoms with van der Waals surface area (Å²) in [6.45, 7) is 0.650. The van der Waals surface area contributed by atoms with Gasteiger partial charge in [0.1, 0.15) is 5.75 Å². The Morgan fingerprint density at radius 1 is 1.53 bits per heavy atom. The molecule has 0 radical (unpaired) electrons. The molecule has 4 heteroatoms. The maximum atomic E-state index is 10.9. The molecule has 0 aliphatic carbocycles. The van der Waals surface area contributed by atoms with E-state index >= 15 is 0 Å². The van der Waals surface area contributed by atoms with E-state index in [-0.39, 0.29) is 5.91 Å². The SMILES string of the molecule is COc1cccc(CCNC(=O)CBr)c1. The number of methoxy groups -OCH3 is 1. The molecule has 0 aliphatic rings. The Bertz CT molecular complexity index is 328. The Balaban J connectivity index is 2.40. The van der Waals surface area contributed by atoms with Gasteiger partial charge in [-0.25, -0.2) is 0 Å². The van der Waals surface area contributed by atoms with Crippen molar-refractivity contribution < 1.29 is 9.53 Å². The number of nitrogens with one attached hydrogen (secondary N) is 1. The summed E-state index contributed by atoms with van der Waals surface area (Å²) in [5, 5.41) is 3.14. The van der Waals surface area contributed by atoms with Crippen molar-refractivity contribution in [2.24, 2.45) is 0 Å². The lowest BCUT2D eigenvalue weighted by Crippen LogP contribution is -2.26. The van der Waals surface area contributed by atoms with Crippen LogP contribution >= 0.6 is 15.9 Å². The predicted molar refractivity (Wildman–Crippen MR) is 63.5 cm³/mol. The van der Waals surface area contributed by atoms with Crippen LogP contribution in [-0.2, 0) is 11.2 Å². The van der Waals surface area contributed by atoms with Gasteiger partial charge in [-0.15, -0.1) is 0 Å². The van der Waals surface area contributed by atoms with Crippen molar-refractivity contribution in [1.29, 1.82) is 0 Å². The molecule has 0 unspecified atom stereocenters. The van der Waals surface area contributed by atoms with E-state index in [0.717, 1.165) is 17.7 Å². The number of halogens is 1. The second-order valence-electron chi connectivity index (χ2n) is 3.09. The standard InChI is InChI=1S/C11H14BrNO2/c1-15-10-4-2-3-9(7-10)5-6-13-11(14)8-12/h2-4,7H,5-6,8H2,1H3,(H,13,14). The maximum Gasteiger partial charge on any atom is 0.230 e. The van der Waals surface area contributed by atoms with E-state index in [4.69, 9.17) is 4.74 Å². The average molecular weight is 272 g/mol. The van der Waals surface area contributed by atoms with Crippen LogP contribution < -0.4 is 10.1 Å². The van der Waals surface area contributed by atoms with E-state index in [0.29, 0.717) is 11.9 Å². The van der Waals surface area contributed by atoms with Gasteiger partial charge < -0.3 is 10.1 Å². The molecule has 0 bridgehead atoms. The lowest BCUT2D eigenvalue weighted by Gasteiger charge is -2.05. The molecule has 1 N–H and O–H groups in total. The molecule has 0 spiro atoms. The topological polar surface area (TPSA) is 38.3 Å². The minimum atomic E-state index is 0.0119. The Morgan fingerprint density at radius 3 is 3.00 bits per heavy atom. The molecular formula is C11H14BrNO2. The number of hydrogen-bond acceptors (Lipinski definition) is 2. The highest BCUT2D eigenvalue weighted by Crippen LogP contribution is 2.12.